The SMILES string of the molecule is [O-][n+]1c(Nc2cccc(Cl)c2)ncc2c1-c1ccc(C#CCN3CCCC3)cc1NCC2. The molecule has 162 valence electrons. The smallest absolute Gasteiger partial charge is 0.397 e. The van der Waals surface area contributed by atoms with Gasteiger partial charge in [0, 0.05) is 33.9 Å². The van der Waals surface area contributed by atoms with Crippen LogP contribution in [0.25, 0.3) is 11.3 Å². The number of hydrogen-bond acceptors (Lipinski definition) is 5. The van der Waals surface area contributed by atoms with E-state index in [4.69, 9.17) is 11.6 Å². The predicted octanol–water partition coefficient (Wildman–Crippen LogP) is 4.19. The maximum absolute atomic E-state index is 13.3. The van der Waals surface area contributed by atoms with Gasteiger partial charge in [0.1, 0.15) is 17.6 Å². The third-order valence-electron chi connectivity index (χ3n) is 5.84. The van der Waals surface area contributed by atoms with Crippen LogP contribution in [0.5, 0.6) is 0 Å². The van der Waals surface area contributed by atoms with E-state index in [0.717, 1.165) is 53.3 Å². The normalized spacial score (nSPS) is 15.0. The van der Waals surface area contributed by atoms with Gasteiger partial charge in [-0.1, -0.05) is 34.5 Å². The fraction of sp³-hybridized carbons (Fsp3) is 0.280. The molecule has 3 aromatic rings. The van der Waals surface area contributed by atoms with Gasteiger partial charge in [0.2, 0.25) is 0 Å². The lowest BCUT2D eigenvalue weighted by molar-refractivity contribution is -0.581. The summed E-state index contributed by atoms with van der Waals surface area (Å²) in [5, 5.41) is 20.5. The van der Waals surface area contributed by atoms with Crippen LogP contribution in [0.15, 0.2) is 48.7 Å². The summed E-state index contributed by atoms with van der Waals surface area (Å²) in [6.07, 6.45) is 5.02. The summed E-state index contributed by atoms with van der Waals surface area (Å²) in [6.45, 7) is 3.81. The molecule has 7 heteroatoms. The Morgan fingerprint density at radius 1 is 1.19 bits per heavy atom. The molecule has 0 saturated carbocycles. The number of hydrogen-bond donors (Lipinski definition) is 2. The van der Waals surface area contributed by atoms with Gasteiger partial charge in [0.05, 0.1) is 6.54 Å². The van der Waals surface area contributed by atoms with Crippen LogP contribution in [-0.4, -0.2) is 36.1 Å². The fourth-order valence-electron chi connectivity index (χ4n) is 4.23. The molecule has 3 heterocycles. The van der Waals surface area contributed by atoms with E-state index >= 15 is 0 Å². The van der Waals surface area contributed by atoms with Gasteiger partial charge in [-0.05, 0) is 68.8 Å². The summed E-state index contributed by atoms with van der Waals surface area (Å²) in [4.78, 5) is 6.75. The van der Waals surface area contributed by atoms with Crippen molar-refractivity contribution < 1.29 is 4.73 Å². The highest BCUT2D eigenvalue weighted by atomic mass is 35.5. The van der Waals surface area contributed by atoms with Gasteiger partial charge in [0.25, 0.3) is 0 Å². The third-order valence-corrected chi connectivity index (χ3v) is 6.08. The minimum absolute atomic E-state index is 0.216. The first-order valence-electron chi connectivity index (χ1n) is 10.9. The first-order valence-corrected chi connectivity index (χ1v) is 11.3. The molecule has 0 aliphatic carbocycles. The number of nitrogens with zero attached hydrogens (tertiary/aromatic N) is 3. The number of nitrogens with one attached hydrogen (secondary N) is 2. The molecule has 2 aromatic carbocycles. The molecule has 0 unspecified atom stereocenters. The molecule has 1 aromatic heterocycles. The summed E-state index contributed by atoms with van der Waals surface area (Å²) in [6, 6.07) is 13.2. The van der Waals surface area contributed by atoms with Gasteiger partial charge in [-0.2, -0.15) is 0 Å². The Hall–Kier alpha value is -3.27. The maximum atomic E-state index is 13.3. The summed E-state index contributed by atoms with van der Waals surface area (Å²) >= 11 is 6.08. The minimum atomic E-state index is 0.216. The van der Waals surface area contributed by atoms with E-state index in [1.54, 1.807) is 18.3 Å². The number of likely N-dealkylation sites (tertiary alicyclic amines) is 1. The van der Waals surface area contributed by atoms with Crippen molar-refractivity contribution in [2.75, 3.05) is 36.8 Å². The fourth-order valence-corrected chi connectivity index (χ4v) is 4.42. The Labute approximate surface area is 192 Å². The van der Waals surface area contributed by atoms with Crippen molar-refractivity contribution >= 4 is 28.9 Å². The van der Waals surface area contributed by atoms with Crippen molar-refractivity contribution in [3.8, 4) is 23.1 Å². The van der Waals surface area contributed by atoms with Gasteiger partial charge < -0.3 is 10.5 Å². The Balaban J connectivity index is 1.46. The quantitative estimate of drug-likeness (QED) is 0.359. The van der Waals surface area contributed by atoms with Crippen molar-refractivity contribution in [3.63, 3.8) is 0 Å². The molecule has 1 fully saturated rings. The zero-order valence-electron chi connectivity index (χ0n) is 17.7. The van der Waals surface area contributed by atoms with E-state index in [2.05, 4.69) is 32.4 Å². The highest BCUT2D eigenvalue weighted by molar-refractivity contribution is 6.30. The molecule has 0 amide bonds. The lowest BCUT2D eigenvalue weighted by atomic mass is 10.0. The van der Waals surface area contributed by atoms with Crippen LogP contribution in [0.1, 0.15) is 24.0 Å². The van der Waals surface area contributed by atoms with Crippen LogP contribution in [-0.2, 0) is 6.42 Å². The molecule has 2 aliphatic rings. The van der Waals surface area contributed by atoms with E-state index in [1.807, 2.05) is 30.3 Å². The summed E-state index contributed by atoms with van der Waals surface area (Å²) in [7, 11) is 0. The van der Waals surface area contributed by atoms with Crippen LogP contribution in [0, 0.1) is 17.0 Å². The summed E-state index contributed by atoms with van der Waals surface area (Å²) in [5.41, 5.74) is 4.96. The Morgan fingerprint density at radius 2 is 2.06 bits per heavy atom. The average Bonchev–Trinajstić information content (AvgIpc) is 3.23. The number of fused-ring (bicyclic) bond motifs is 3. The van der Waals surface area contributed by atoms with Crippen molar-refractivity contribution in [1.82, 2.24) is 9.88 Å². The van der Waals surface area contributed by atoms with E-state index in [1.165, 1.54) is 12.8 Å². The number of benzene rings is 2. The van der Waals surface area contributed by atoms with Crippen LogP contribution in [0.3, 0.4) is 0 Å². The first-order chi connectivity index (χ1) is 15.7. The highest BCUT2D eigenvalue weighted by Gasteiger charge is 2.22. The van der Waals surface area contributed by atoms with Crippen molar-refractivity contribution in [3.05, 3.63) is 70.0 Å². The molecular formula is C25H24ClN5O. The Morgan fingerprint density at radius 3 is 2.91 bits per heavy atom. The summed E-state index contributed by atoms with van der Waals surface area (Å²) in [5.74, 6) is 6.78. The van der Waals surface area contributed by atoms with Crippen molar-refractivity contribution in [1.29, 1.82) is 0 Å². The van der Waals surface area contributed by atoms with Gasteiger partial charge in [0.15, 0.2) is 0 Å². The standard InChI is InChI=1S/C25H24ClN5O/c26-20-6-3-7-21(16-20)29-25-28-17-19-10-11-27-23-15-18(5-4-14-30-12-1-2-13-30)8-9-22(23)24(19)31(25)32/h3,6-9,15-17,27H,1-2,10-14H2,(H,28,29). The van der Waals surface area contributed by atoms with Crippen LogP contribution in [0.2, 0.25) is 5.02 Å². The number of aromatic nitrogens is 2. The van der Waals surface area contributed by atoms with Crippen molar-refractivity contribution in [2.45, 2.75) is 19.3 Å². The second-order valence-corrected chi connectivity index (χ2v) is 8.54. The van der Waals surface area contributed by atoms with E-state index in [-0.39, 0.29) is 5.95 Å². The predicted molar refractivity (Wildman–Crippen MR) is 128 cm³/mol. The van der Waals surface area contributed by atoms with Gasteiger partial charge in [-0.15, -0.1) is 0 Å². The number of halogens is 1. The zero-order chi connectivity index (χ0) is 21.9. The van der Waals surface area contributed by atoms with Crippen molar-refractivity contribution in [2.24, 2.45) is 0 Å². The average molecular weight is 446 g/mol. The Kier molecular flexibility index (Phi) is 5.85. The second-order valence-electron chi connectivity index (χ2n) is 8.11. The lowest BCUT2D eigenvalue weighted by Crippen LogP contribution is -2.35. The van der Waals surface area contributed by atoms with Crippen LogP contribution >= 0.6 is 11.6 Å². The third kappa shape index (κ3) is 4.36. The molecule has 0 spiro atoms. The lowest BCUT2D eigenvalue weighted by Gasteiger charge is -2.17. The molecule has 2 N–H and O–H groups in total. The molecule has 1 saturated heterocycles. The molecule has 2 aliphatic heterocycles. The molecular weight excluding hydrogens is 422 g/mol. The van der Waals surface area contributed by atoms with E-state index in [9.17, 15) is 5.21 Å². The molecule has 32 heavy (non-hydrogen) atoms. The second kappa shape index (κ2) is 9.07. The number of rotatable bonds is 3. The maximum Gasteiger partial charge on any atom is 0.397 e. The molecule has 0 atom stereocenters. The van der Waals surface area contributed by atoms with Gasteiger partial charge >= 0.3 is 5.95 Å². The minimum Gasteiger partial charge on any atom is -0.740 e. The van der Waals surface area contributed by atoms with Crippen LogP contribution in [0.4, 0.5) is 17.3 Å². The highest BCUT2D eigenvalue weighted by Crippen LogP contribution is 2.32. The summed E-state index contributed by atoms with van der Waals surface area (Å²) < 4.78 is 0.876. The number of anilines is 3. The monoisotopic (exact) mass is 445 g/mol. The molecule has 0 bridgehead atoms. The molecule has 0 radical (unpaired) electrons. The zero-order valence-corrected chi connectivity index (χ0v) is 18.5. The van der Waals surface area contributed by atoms with E-state index in [0.29, 0.717) is 22.8 Å². The Bertz CT molecular complexity index is 1210. The first kappa shape index (κ1) is 20.6. The van der Waals surface area contributed by atoms with E-state index < -0.39 is 0 Å². The topological polar surface area (TPSA) is 67.1 Å². The molecule has 5 rings (SSSR count). The van der Waals surface area contributed by atoms with Gasteiger partial charge in [-0.3, -0.25) is 4.90 Å². The van der Waals surface area contributed by atoms with Gasteiger partial charge in [-0.25, -0.2) is 10.0 Å². The largest absolute Gasteiger partial charge is 0.740 e. The van der Waals surface area contributed by atoms with Crippen LogP contribution < -0.4 is 15.4 Å². The molecule has 6 nitrogen and oxygen atoms in total.